The molecule has 1 radical (unpaired) electrons. The second kappa shape index (κ2) is 1.55. The van der Waals surface area contributed by atoms with Crippen molar-refractivity contribution in [3.63, 3.8) is 0 Å². The van der Waals surface area contributed by atoms with Gasteiger partial charge in [0.2, 0.25) is 0 Å². The minimum atomic E-state index is 0.831. The number of aromatic nitrogens is 3. The molecule has 0 aliphatic carbocycles. The molecule has 3 heteroatoms. The molecule has 43 valence electrons. The van der Waals surface area contributed by atoms with E-state index in [1.165, 1.54) is 0 Å². The first kappa shape index (κ1) is 4.49. The summed E-state index contributed by atoms with van der Waals surface area (Å²) >= 11 is 0. The Hall–Kier alpha value is -1.38. The van der Waals surface area contributed by atoms with Crippen LogP contribution in [0, 0.1) is 6.20 Å². The number of imidazole rings is 1. The third kappa shape index (κ3) is 0.579. The summed E-state index contributed by atoms with van der Waals surface area (Å²) in [5, 5.41) is 0. The van der Waals surface area contributed by atoms with Crippen LogP contribution in [0.1, 0.15) is 0 Å². The molecular formula is C6H4N3. The molecule has 0 amide bonds. The third-order valence-corrected chi connectivity index (χ3v) is 1.14. The first-order valence-corrected chi connectivity index (χ1v) is 2.61. The molecule has 3 nitrogen and oxygen atoms in total. The third-order valence-electron chi connectivity index (χ3n) is 1.14. The van der Waals surface area contributed by atoms with Crippen molar-refractivity contribution < 1.29 is 0 Å². The van der Waals surface area contributed by atoms with Crippen molar-refractivity contribution >= 4 is 5.65 Å². The average molecular weight is 118 g/mol. The van der Waals surface area contributed by atoms with Gasteiger partial charge in [0.25, 0.3) is 0 Å². The molecule has 0 fully saturated rings. The summed E-state index contributed by atoms with van der Waals surface area (Å²) in [7, 11) is 0. The van der Waals surface area contributed by atoms with Crippen molar-refractivity contribution in [3.05, 3.63) is 31.0 Å². The van der Waals surface area contributed by atoms with E-state index >= 15 is 0 Å². The maximum atomic E-state index is 3.89. The maximum Gasteiger partial charge on any atom is 0.156 e. The highest BCUT2D eigenvalue weighted by Gasteiger charge is 1.87. The molecular weight excluding hydrogens is 114 g/mol. The minimum Gasteiger partial charge on any atom is -0.304 e. The lowest BCUT2D eigenvalue weighted by atomic mass is 10.7. The summed E-state index contributed by atoms with van der Waals surface area (Å²) in [6.07, 6.45) is 9.71. The fourth-order valence-corrected chi connectivity index (χ4v) is 0.716. The van der Waals surface area contributed by atoms with Gasteiger partial charge in [0.05, 0.1) is 6.20 Å². The Morgan fingerprint density at radius 1 is 1.56 bits per heavy atom. The highest BCUT2D eigenvalue weighted by molar-refractivity contribution is 5.32. The fraction of sp³-hybridized carbons (Fsp3) is 0. The van der Waals surface area contributed by atoms with Gasteiger partial charge < -0.3 is 4.40 Å². The zero-order valence-corrected chi connectivity index (χ0v) is 4.65. The van der Waals surface area contributed by atoms with Crippen LogP contribution in [-0.4, -0.2) is 14.4 Å². The number of hydrogen-bond donors (Lipinski definition) is 0. The Morgan fingerprint density at radius 3 is 3.44 bits per heavy atom. The minimum absolute atomic E-state index is 0.831. The van der Waals surface area contributed by atoms with E-state index in [-0.39, 0.29) is 0 Å². The molecule has 0 aliphatic rings. The summed E-state index contributed by atoms with van der Waals surface area (Å²) in [4.78, 5) is 7.78. The molecule has 0 saturated carbocycles. The Kier molecular flexibility index (Phi) is 0.773. The molecule has 2 aromatic rings. The zero-order chi connectivity index (χ0) is 6.10. The van der Waals surface area contributed by atoms with Gasteiger partial charge in [-0.15, -0.1) is 0 Å². The highest BCUT2D eigenvalue weighted by atomic mass is 15.0. The van der Waals surface area contributed by atoms with E-state index in [0.717, 1.165) is 5.65 Å². The monoisotopic (exact) mass is 118 g/mol. The summed E-state index contributed by atoms with van der Waals surface area (Å²) in [5.74, 6) is 0. The maximum absolute atomic E-state index is 3.89. The largest absolute Gasteiger partial charge is 0.304 e. The highest BCUT2D eigenvalue weighted by Crippen LogP contribution is 1.93. The van der Waals surface area contributed by atoms with Gasteiger partial charge in [-0.25, -0.2) is 4.98 Å². The van der Waals surface area contributed by atoms with Crippen LogP contribution in [-0.2, 0) is 0 Å². The molecule has 2 aromatic heterocycles. The van der Waals surface area contributed by atoms with E-state index in [0.29, 0.717) is 0 Å². The quantitative estimate of drug-likeness (QED) is 0.505. The van der Waals surface area contributed by atoms with E-state index in [2.05, 4.69) is 16.2 Å². The first-order chi connectivity index (χ1) is 4.47. The molecule has 0 atom stereocenters. The number of nitrogens with zero attached hydrogens (tertiary/aromatic N) is 3. The van der Waals surface area contributed by atoms with Crippen molar-refractivity contribution in [1.29, 1.82) is 0 Å². The Labute approximate surface area is 52.0 Å². The lowest BCUT2D eigenvalue weighted by Gasteiger charge is -1.85. The molecule has 0 saturated heterocycles. The zero-order valence-electron chi connectivity index (χ0n) is 4.65. The lowest BCUT2D eigenvalue weighted by molar-refractivity contribution is 1.13. The van der Waals surface area contributed by atoms with E-state index in [4.69, 9.17) is 0 Å². The molecule has 0 aliphatic heterocycles. The van der Waals surface area contributed by atoms with E-state index in [1.54, 1.807) is 18.6 Å². The summed E-state index contributed by atoms with van der Waals surface area (Å²) in [6, 6.07) is 0. The molecule has 2 heterocycles. The molecule has 0 aromatic carbocycles. The van der Waals surface area contributed by atoms with Crippen molar-refractivity contribution in [1.82, 2.24) is 14.4 Å². The molecule has 0 spiro atoms. The fourth-order valence-electron chi connectivity index (χ4n) is 0.716. The molecule has 2 rings (SSSR count). The molecule has 9 heavy (non-hydrogen) atoms. The lowest BCUT2D eigenvalue weighted by Crippen LogP contribution is -1.81. The van der Waals surface area contributed by atoms with Crippen molar-refractivity contribution in [2.75, 3.05) is 0 Å². The normalized spacial score (nSPS) is 10.2. The summed E-state index contributed by atoms with van der Waals surface area (Å²) in [5.41, 5.74) is 0.831. The van der Waals surface area contributed by atoms with Gasteiger partial charge in [0, 0.05) is 18.6 Å². The topological polar surface area (TPSA) is 30.2 Å². The second-order valence-corrected chi connectivity index (χ2v) is 1.71. The van der Waals surface area contributed by atoms with Crippen LogP contribution < -0.4 is 0 Å². The van der Waals surface area contributed by atoms with Crippen LogP contribution in [0.4, 0.5) is 0 Å². The van der Waals surface area contributed by atoms with E-state index < -0.39 is 0 Å². The van der Waals surface area contributed by atoms with E-state index in [9.17, 15) is 0 Å². The molecule has 0 N–H and O–H groups in total. The number of hydrogen-bond acceptors (Lipinski definition) is 2. The Bertz CT molecular complexity index is 282. The van der Waals surface area contributed by atoms with Crippen molar-refractivity contribution in [2.45, 2.75) is 0 Å². The van der Waals surface area contributed by atoms with Crippen molar-refractivity contribution in [3.8, 4) is 0 Å². The number of rotatable bonds is 0. The summed E-state index contributed by atoms with van der Waals surface area (Å²) < 4.78 is 1.85. The second-order valence-electron chi connectivity index (χ2n) is 1.71. The van der Waals surface area contributed by atoms with Crippen LogP contribution in [0.5, 0.6) is 0 Å². The van der Waals surface area contributed by atoms with Crippen LogP contribution in [0.15, 0.2) is 24.8 Å². The van der Waals surface area contributed by atoms with Crippen molar-refractivity contribution in [2.24, 2.45) is 0 Å². The van der Waals surface area contributed by atoms with Crippen LogP contribution in [0.3, 0.4) is 0 Å². The van der Waals surface area contributed by atoms with Gasteiger partial charge in [-0.3, -0.25) is 4.98 Å². The van der Waals surface area contributed by atoms with Gasteiger partial charge in [0.1, 0.15) is 6.20 Å². The standard InChI is InChI=1S/C6H4N3/c1-3-9-4-2-8-6(9)5-7-1/h1,3-5H. The van der Waals surface area contributed by atoms with Gasteiger partial charge in [-0.1, -0.05) is 0 Å². The Morgan fingerprint density at radius 2 is 2.56 bits per heavy atom. The smallest absolute Gasteiger partial charge is 0.156 e. The van der Waals surface area contributed by atoms with Crippen LogP contribution >= 0.6 is 0 Å². The van der Waals surface area contributed by atoms with Crippen LogP contribution in [0.25, 0.3) is 5.65 Å². The average Bonchev–Trinajstić information content (AvgIpc) is 2.33. The van der Waals surface area contributed by atoms with Gasteiger partial charge in [-0.2, -0.15) is 0 Å². The van der Waals surface area contributed by atoms with Crippen LogP contribution in [0.2, 0.25) is 0 Å². The molecule has 0 bridgehead atoms. The Balaban J connectivity index is 2.95. The predicted molar refractivity (Wildman–Crippen MR) is 31.8 cm³/mol. The summed E-state index contributed by atoms with van der Waals surface area (Å²) in [6.45, 7) is 0. The molecule has 0 unspecified atom stereocenters. The van der Waals surface area contributed by atoms with Gasteiger partial charge >= 0.3 is 0 Å². The van der Waals surface area contributed by atoms with Gasteiger partial charge in [-0.05, 0) is 0 Å². The predicted octanol–water partition coefficient (Wildman–Crippen LogP) is 0.529. The first-order valence-electron chi connectivity index (χ1n) is 2.61. The number of fused-ring (bicyclic) bond motifs is 1. The van der Waals surface area contributed by atoms with Gasteiger partial charge in [0.15, 0.2) is 5.65 Å². The SMILES string of the molecule is [c]1cn2ccncc2n1. The van der Waals surface area contributed by atoms with E-state index in [1.807, 2.05) is 10.6 Å².